The average molecular weight is 300 g/mol. The van der Waals surface area contributed by atoms with Gasteiger partial charge in [0.05, 0.1) is 11.2 Å². The van der Waals surface area contributed by atoms with E-state index in [1.807, 2.05) is 6.92 Å². The third kappa shape index (κ3) is 3.59. The molecule has 0 unspecified atom stereocenters. The summed E-state index contributed by atoms with van der Waals surface area (Å²) in [6.07, 6.45) is 2.06. The van der Waals surface area contributed by atoms with E-state index >= 15 is 0 Å². The highest BCUT2D eigenvalue weighted by Crippen LogP contribution is 2.19. The standard InChI is InChI=1S/C13H14ClNO3S/c1-10-4-5-12(9-13(10)14)19(16,17)15-7-6-11-3-2-8-18-11/h2-5,8-9,15H,6-7H2,1H3. The van der Waals surface area contributed by atoms with Gasteiger partial charge in [-0.2, -0.15) is 0 Å². The number of sulfonamides is 1. The van der Waals surface area contributed by atoms with Crippen LogP contribution in [0.15, 0.2) is 45.9 Å². The third-order valence-corrected chi connectivity index (χ3v) is 4.56. The van der Waals surface area contributed by atoms with Crippen molar-refractivity contribution in [3.63, 3.8) is 0 Å². The molecule has 0 radical (unpaired) electrons. The van der Waals surface area contributed by atoms with Crippen LogP contribution in [0, 0.1) is 6.92 Å². The highest BCUT2D eigenvalue weighted by molar-refractivity contribution is 7.89. The van der Waals surface area contributed by atoms with E-state index in [9.17, 15) is 8.42 Å². The number of nitrogens with one attached hydrogen (secondary N) is 1. The zero-order valence-electron chi connectivity index (χ0n) is 10.4. The quantitative estimate of drug-likeness (QED) is 0.923. The summed E-state index contributed by atoms with van der Waals surface area (Å²) in [6, 6.07) is 8.24. The number of aryl methyl sites for hydroxylation is 1. The van der Waals surface area contributed by atoms with Gasteiger partial charge in [-0.3, -0.25) is 0 Å². The lowest BCUT2D eigenvalue weighted by Crippen LogP contribution is -2.25. The largest absolute Gasteiger partial charge is 0.469 e. The van der Waals surface area contributed by atoms with Gasteiger partial charge in [0.1, 0.15) is 5.76 Å². The van der Waals surface area contributed by atoms with Gasteiger partial charge in [0.15, 0.2) is 0 Å². The molecule has 1 N–H and O–H groups in total. The van der Waals surface area contributed by atoms with Crippen LogP contribution in [-0.2, 0) is 16.4 Å². The van der Waals surface area contributed by atoms with Crippen molar-refractivity contribution in [2.24, 2.45) is 0 Å². The molecule has 0 bridgehead atoms. The smallest absolute Gasteiger partial charge is 0.240 e. The fourth-order valence-corrected chi connectivity index (χ4v) is 2.89. The summed E-state index contributed by atoms with van der Waals surface area (Å²) in [5.41, 5.74) is 0.844. The highest BCUT2D eigenvalue weighted by Gasteiger charge is 2.14. The fraction of sp³-hybridized carbons (Fsp3) is 0.231. The minimum Gasteiger partial charge on any atom is -0.469 e. The molecule has 0 aliphatic rings. The maximum absolute atomic E-state index is 12.0. The van der Waals surface area contributed by atoms with E-state index in [4.69, 9.17) is 16.0 Å². The summed E-state index contributed by atoms with van der Waals surface area (Å²) in [4.78, 5) is 0.169. The number of hydrogen-bond acceptors (Lipinski definition) is 3. The van der Waals surface area contributed by atoms with Crippen LogP contribution < -0.4 is 4.72 Å². The van der Waals surface area contributed by atoms with Crippen LogP contribution in [0.4, 0.5) is 0 Å². The van der Waals surface area contributed by atoms with Gasteiger partial charge in [0, 0.05) is 18.0 Å². The molecule has 102 valence electrons. The van der Waals surface area contributed by atoms with E-state index in [2.05, 4.69) is 4.72 Å². The van der Waals surface area contributed by atoms with Crippen molar-refractivity contribution < 1.29 is 12.8 Å². The summed E-state index contributed by atoms with van der Waals surface area (Å²) in [6.45, 7) is 2.10. The molecule has 0 spiro atoms. The molecule has 4 nitrogen and oxygen atoms in total. The van der Waals surface area contributed by atoms with Gasteiger partial charge in [0.25, 0.3) is 0 Å². The lowest BCUT2D eigenvalue weighted by atomic mass is 10.2. The molecule has 0 saturated heterocycles. The minimum absolute atomic E-state index is 0.169. The second-order valence-electron chi connectivity index (χ2n) is 4.14. The Hall–Kier alpha value is -1.30. The predicted octanol–water partition coefficient (Wildman–Crippen LogP) is 2.76. The first-order chi connectivity index (χ1) is 8.99. The molecule has 1 aromatic carbocycles. The normalized spacial score (nSPS) is 11.7. The molecule has 19 heavy (non-hydrogen) atoms. The first-order valence-electron chi connectivity index (χ1n) is 5.77. The molecule has 0 aliphatic carbocycles. The fourth-order valence-electron chi connectivity index (χ4n) is 1.59. The monoisotopic (exact) mass is 299 g/mol. The molecule has 6 heteroatoms. The number of hydrogen-bond donors (Lipinski definition) is 1. The van der Waals surface area contributed by atoms with Gasteiger partial charge in [-0.05, 0) is 36.8 Å². The van der Waals surface area contributed by atoms with E-state index in [0.29, 0.717) is 11.4 Å². The summed E-state index contributed by atoms with van der Waals surface area (Å²) < 4.78 is 31.7. The Bertz CT molecular complexity index is 651. The second kappa shape index (κ2) is 5.77. The summed E-state index contributed by atoms with van der Waals surface area (Å²) in [7, 11) is -3.53. The van der Waals surface area contributed by atoms with Crippen LogP contribution in [0.25, 0.3) is 0 Å². The van der Waals surface area contributed by atoms with Gasteiger partial charge < -0.3 is 4.42 Å². The van der Waals surface area contributed by atoms with Crippen molar-refractivity contribution in [2.45, 2.75) is 18.2 Å². The SMILES string of the molecule is Cc1ccc(S(=O)(=O)NCCc2ccco2)cc1Cl. The Balaban J connectivity index is 2.03. The van der Waals surface area contributed by atoms with Crippen molar-refractivity contribution in [1.82, 2.24) is 4.72 Å². The predicted molar refractivity (Wildman–Crippen MR) is 73.8 cm³/mol. The number of benzene rings is 1. The lowest BCUT2D eigenvalue weighted by molar-refractivity contribution is 0.506. The molecule has 0 aliphatic heterocycles. The molecule has 1 aromatic heterocycles. The Morgan fingerprint density at radius 2 is 2.11 bits per heavy atom. The van der Waals surface area contributed by atoms with Crippen LogP contribution in [0.5, 0.6) is 0 Å². The lowest BCUT2D eigenvalue weighted by Gasteiger charge is -2.07. The Kier molecular flexibility index (Phi) is 4.29. The maximum Gasteiger partial charge on any atom is 0.240 e. The van der Waals surface area contributed by atoms with Gasteiger partial charge >= 0.3 is 0 Å². The van der Waals surface area contributed by atoms with Gasteiger partial charge in [0.2, 0.25) is 10.0 Å². The zero-order valence-corrected chi connectivity index (χ0v) is 12.0. The van der Waals surface area contributed by atoms with Gasteiger partial charge in [-0.1, -0.05) is 17.7 Å². The molecule has 1 heterocycles. The minimum atomic E-state index is -3.53. The van der Waals surface area contributed by atoms with Crippen molar-refractivity contribution >= 4 is 21.6 Å². The first kappa shape index (κ1) is 14.1. The van der Waals surface area contributed by atoms with Crippen molar-refractivity contribution in [1.29, 1.82) is 0 Å². The molecule has 2 rings (SSSR count). The number of furan rings is 1. The molecule has 0 amide bonds. The summed E-state index contributed by atoms with van der Waals surface area (Å²) in [5, 5.41) is 0.439. The zero-order chi connectivity index (χ0) is 13.9. The Morgan fingerprint density at radius 3 is 2.74 bits per heavy atom. The van der Waals surface area contributed by atoms with Crippen LogP contribution in [0.1, 0.15) is 11.3 Å². The summed E-state index contributed by atoms with van der Waals surface area (Å²) >= 11 is 5.93. The third-order valence-electron chi connectivity index (χ3n) is 2.70. The topological polar surface area (TPSA) is 59.3 Å². The molecule has 0 atom stereocenters. The van der Waals surface area contributed by atoms with E-state index in [1.165, 1.54) is 12.1 Å². The van der Waals surface area contributed by atoms with E-state index in [0.717, 1.165) is 11.3 Å². The van der Waals surface area contributed by atoms with Crippen molar-refractivity contribution in [3.8, 4) is 0 Å². The molecule has 2 aromatic rings. The Labute approximate surface area is 117 Å². The van der Waals surface area contributed by atoms with Gasteiger partial charge in [-0.25, -0.2) is 13.1 Å². The number of rotatable bonds is 5. The van der Waals surface area contributed by atoms with Crippen molar-refractivity contribution in [2.75, 3.05) is 6.54 Å². The van der Waals surface area contributed by atoms with Crippen LogP contribution in [0.2, 0.25) is 5.02 Å². The maximum atomic E-state index is 12.0. The molecular formula is C13H14ClNO3S. The van der Waals surface area contributed by atoms with Crippen LogP contribution in [0.3, 0.4) is 0 Å². The van der Waals surface area contributed by atoms with Crippen molar-refractivity contribution in [3.05, 3.63) is 52.9 Å². The van der Waals surface area contributed by atoms with Gasteiger partial charge in [-0.15, -0.1) is 0 Å². The summed E-state index contributed by atoms with van der Waals surface area (Å²) in [5.74, 6) is 0.740. The second-order valence-corrected chi connectivity index (χ2v) is 6.31. The van der Waals surface area contributed by atoms with E-state index in [1.54, 1.807) is 24.5 Å². The molecule has 0 fully saturated rings. The average Bonchev–Trinajstić information content (AvgIpc) is 2.85. The Morgan fingerprint density at radius 1 is 1.32 bits per heavy atom. The first-order valence-corrected chi connectivity index (χ1v) is 7.63. The highest BCUT2D eigenvalue weighted by atomic mass is 35.5. The van der Waals surface area contributed by atoms with E-state index < -0.39 is 10.0 Å². The molecular weight excluding hydrogens is 286 g/mol. The van der Waals surface area contributed by atoms with Crippen LogP contribution >= 0.6 is 11.6 Å². The van der Waals surface area contributed by atoms with E-state index in [-0.39, 0.29) is 11.4 Å². The molecule has 0 saturated carbocycles. The van der Waals surface area contributed by atoms with Crippen LogP contribution in [-0.4, -0.2) is 15.0 Å². The number of halogens is 1.